The molecule has 0 atom stereocenters. The molecule has 4 nitrogen and oxygen atoms in total. The van der Waals surface area contributed by atoms with Gasteiger partial charge in [0.15, 0.2) is 0 Å². The number of rotatable bonds is 2. The van der Waals surface area contributed by atoms with Crippen molar-refractivity contribution in [3.05, 3.63) is 33.3 Å². The summed E-state index contributed by atoms with van der Waals surface area (Å²) in [6, 6.07) is 2.58. The largest absolute Gasteiger partial charge is 0.478 e. The molecule has 1 aromatic carbocycles. The van der Waals surface area contributed by atoms with E-state index in [-0.39, 0.29) is 21.2 Å². The third-order valence-corrected chi connectivity index (χ3v) is 2.52. The molecule has 0 aliphatic carbocycles. The van der Waals surface area contributed by atoms with Crippen LogP contribution in [0.15, 0.2) is 12.1 Å². The molecule has 6 heteroatoms. The van der Waals surface area contributed by atoms with Crippen LogP contribution in [0, 0.1) is 0 Å². The number of halogens is 2. The van der Waals surface area contributed by atoms with Crippen LogP contribution in [0.25, 0.3) is 0 Å². The van der Waals surface area contributed by atoms with E-state index in [2.05, 4.69) is 5.32 Å². The molecule has 0 bridgehead atoms. The van der Waals surface area contributed by atoms with Gasteiger partial charge in [-0.1, -0.05) is 23.2 Å². The number of benzene rings is 1. The highest BCUT2D eigenvalue weighted by Gasteiger charge is 2.23. The highest BCUT2D eigenvalue weighted by atomic mass is 35.5. The second-order valence-electron chi connectivity index (χ2n) is 4.82. The molecule has 1 rings (SSSR count). The van der Waals surface area contributed by atoms with Crippen LogP contribution < -0.4 is 5.32 Å². The first kappa shape index (κ1) is 14.8. The lowest BCUT2D eigenvalue weighted by Gasteiger charge is -2.21. The molecule has 0 radical (unpaired) electrons. The number of aromatic carboxylic acids is 1. The molecule has 0 aliphatic rings. The maximum Gasteiger partial charge on any atom is 0.338 e. The number of carbonyl (C=O) groups excluding carboxylic acids is 1. The Morgan fingerprint density at radius 3 is 2.22 bits per heavy atom. The fourth-order valence-corrected chi connectivity index (χ4v) is 1.95. The van der Waals surface area contributed by atoms with Gasteiger partial charge in [-0.25, -0.2) is 4.79 Å². The summed E-state index contributed by atoms with van der Waals surface area (Å²) < 4.78 is 0. The quantitative estimate of drug-likeness (QED) is 0.878. The molecular weight excluding hydrogens is 277 g/mol. The lowest BCUT2D eigenvalue weighted by molar-refractivity contribution is 0.0690. The Morgan fingerprint density at radius 2 is 1.78 bits per heavy atom. The van der Waals surface area contributed by atoms with E-state index < -0.39 is 17.4 Å². The van der Waals surface area contributed by atoms with Crippen molar-refractivity contribution in [2.75, 3.05) is 0 Å². The number of amides is 1. The SMILES string of the molecule is CC(C)(C)NC(=O)c1cc(Cl)cc(Cl)c1C(=O)O. The van der Waals surface area contributed by atoms with Crippen molar-refractivity contribution in [2.45, 2.75) is 26.3 Å². The Balaban J connectivity index is 3.31. The molecule has 18 heavy (non-hydrogen) atoms. The average Bonchev–Trinajstić information content (AvgIpc) is 2.12. The van der Waals surface area contributed by atoms with Gasteiger partial charge in [-0.3, -0.25) is 4.79 Å². The molecule has 0 unspecified atom stereocenters. The van der Waals surface area contributed by atoms with Gasteiger partial charge < -0.3 is 10.4 Å². The smallest absolute Gasteiger partial charge is 0.338 e. The second-order valence-corrected chi connectivity index (χ2v) is 5.66. The van der Waals surface area contributed by atoms with Crippen LogP contribution in [0.2, 0.25) is 10.0 Å². The molecule has 2 N–H and O–H groups in total. The predicted octanol–water partition coefficient (Wildman–Crippen LogP) is 3.22. The monoisotopic (exact) mass is 289 g/mol. The zero-order chi connectivity index (χ0) is 14.1. The summed E-state index contributed by atoms with van der Waals surface area (Å²) in [4.78, 5) is 23.1. The highest BCUT2D eigenvalue weighted by Crippen LogP contribution is 2.26. The topological polar surface area (TPSA) is 66.4 Å². The normalized spacial score (nSPS) is 11.2. The van der Waals surface area contributed by atoms with Gasteiger partial charge in [-0.05, 0) is 32.9 Å². The van der Waals surface area contributed by atoms with E-state index in [0.717, 1.165) is 0 Å². The molecule has 0 heterocycles. The number of carbonyl (C=O) groups is 2. The fraction of sp³-hybridized carbons (Fsp3) is 0.333. The molecule has 0 spiro atoms. The summed E-state index contributed by atoms with van der Waals surface area (Å²) in [7, 11) is 0. The number of hydrogen-bond acceptors (Lipinski definition) is 2. The zero-order valence-corrected chi connectivity index (χ0v) is 11.7. The zero-order valence-electron chi connectivity index (χ0n) is 10.2. The Hall–Kier alpha value is -1.26. The summed E-state index contributed by atoms with van der Waals surface area (Å²) in [6.07, 6.45) is 0. The van der Waals surface area contributed by atoms with E-state index in [4.69, 9.17) is 28.3 Å². The first-order chi connectivity index (χ1) is 8.11. The van der Waals surface area contributed by atoms with Crippen molar-refractivity contribution in [3.63, 3.8) is 0 Å². The Kier molecular flexibility index (Phi) is 4.24. The van der Waals surface area contributed by atoms with Crippen molar-refractivity contribution in [1.29, 1.82) is 0 Å². The maximum absolute atomic E-state index is 12.0. The summed E-state index contributed by atoms with van der Waals surface area (Å²) in [5.74, 6) is -1.79. The minimum Gasteiger partial charge on any atom is -0.478 e. The van der Waals surface area contributed by atoms with E-state index >= 15 is 0 Å². The van der Waals surface area contributed by atoms with Gasteiger partial charge in [0.05, 0.1) is 16.1 Å². The molecule has 98 valence electrons. The summed E-state index contributed by atoms with van der Waals surface area (Å²) in [5.41, 5.74) is -0.778. The highest BCUT2D eigenvalue weighted by molar-refractivity contribution is 6.37. The van der Waals surface area contributed by atoms with Gasteiger partial charge in [0.25, 0.3) is 5.91 Å². The van der Waals surface area contributed by atoms with Crippen molar-refractivity contribution in [3.8, 4) is 0 Å². The maximum atomic E-state index is 12.0. The van der Waals surface area contributed by atoms with Crippen molar-refractivity contribution < 1.29 is 14.7 Å². The number of carboxylic acid groups (broad SMARTS) is 1. The molecule has 1 aromatic rings. The molecule has 0 saturated heterocycles. The van der Waals surface area contributed by atoms with Crippen LogP contribution in [0.4, 0.5) is 0 Å². The Bertz CT molecular complexity index is 507. The van der Waals surface area contributed by atoms with E-state index in [1.165, 1.54) is 12.1 Å². The lowest BCUT2D eigenvalue weighted by Crippen LogP contribution is -2.41. The first-order valence-electron chi connectivity index (χ1n) is 5.16. The lowest BCUT2D eigenvalue weighted by atomic mass is 10.0. The molecule has 0 aliphatic heterocycles. The first-order valence-corrected chi connectivity index (χ1v) is 5.92. The Morgan fingerprint density at radius 1 is 1.22 bits per heavy atom. The van der Waals surface area contributed by atoms with Crippen LogP contribution in [0.1, 0.15) is 41.5 Å². The molecule has 0 aromatic heterocycles. The van der Waals surface area contributed by atoms with Crippen LogP contribution in [-0.4, -0.2) is 22.5 Å². The summed E-state index contributed by atoms with van der Waals surface area (Å²) in [5, 5.41) is 11.9. The molecule has 0 saturated carbocycles. The fourth-order valence-electron chi connectivity index (χ4n) is 1.38. The van der Waals surface area contributed by atoms with E-state index in [1.54, 1.807) is 20.8 Å². The van der Waals surface area contributed by atoms with Gasteiger partial charge in [0.1, 0.15) is 0 Å². The molecule has 0 fully saturated rings. The van der Waals surface area contributed by atoms with Crippen LogP contribution in [-0.2, 0) is 0 Å². The number of carboxylic acids is 1. The van der Waals surface area contributed by atoms with Crippen molar-refractivity contribution >= 4 is 35.1 Å². The van der Waals surface area contributed by atoms with Gasteiger partial charge >= 0.3 is 5.97 Å². The Labute approximate surface area is 115 Å². The van der Waals surface area contributed by atoms with Crippen LogP contribution in [0.3, 0.4) is 0 Å². The average molecular weight is 290 g/mol. The molecular formula is C12H13Cl2NO3. The van der Waals surface area contributed by atoms with E-state index in [1.807, 2.05) is 0 Å². The summed E-state index contributed by atoms with van der Waals surface area (Å²) >= 11 is 11.6. The summed E-state index contributed by atoms with van der Waals surface area (Å²) in [6.45, 7) is 5.37. The minimum absolute atomic E-state index is 0.0464. The van der Waals surface area contributed by atoms with E-state index in [0.29, 0.717) is 0 Å². The van der Waals surface area contributed by atoms with Gasteiger partial charge in [-0.2, -0.15) is 0 Å². The van der Waals surface area contributed by atoms with Crippen molar-refractivity contribution in [1.82, 2.24) is 5.32 Å². The van der Waals surface area contributed by atoms with Crippen LogP contribution >= 0.6 is 23.2 Å². The third-order valence-electron chi connectivity index (χ3n) is 2.00. The third kappa shape index (κ3) is 3.62. The molecule has 1 amide bonds. The minimum atomic E-state index is -1.27. The number of nitrogens with one attached hydrogen (secondary N) is 1. The van der Waals surface area contributed by atoms with Gasteiger partial charge in [0.2, 0.25) is 0 Å². The van der Waals surface area contributed by atoms with Crippen LogP contribution in [0.5, 0.6) is 0 Å². The van der Waals surface area contributed by atoms with Gasteiger partial charge in [-0.15, -0.1) is 0 Å². The van der Waals surface area contributed by atoms with Crippen molar-refractivity contribution in [2.24, 2.45) is 0 Å². The van der Waals surface area contributed by atoms with Gasteiger partial charge in [0, 0.05) is 10.6 Å². The standard InChI is InChI=1S/C12H13Cl2NO3/c1-12(2,3)15-10(16)7-4-6(13)5-8(14)9(7)11(17)18/h4-5H,1-3H3,(H,15,16)(H,17,18). The second kappa shape index (κ2) is 5.16. The van der Waals surface area contributed by atoms with E-state index in [9.17, 15) is 9.59 Å². The number of hydrogen-bond donors (Lipinski definition) is 2. The predicted molar refractivity (Wildman–Crippen MR) is 70.6 cm³/mol.